The van der Waals surface area contributed by atoms with E-state index in [0.29, 0.717) is 12.8 Å². The zero-order chi connectivity index (χ0) is 25.0. The zero-order valence-corrected chi connectivity index (χ0v) is 21.2. The number of aryl methyl sites for hydroxylation is 1. The quantitative estimate of drug-likeness (QED) is 0.589. The fraction of sp³-hybridized carbons (Fsp3) is 0.577. The molecule has 2 atom stereocenters. The SMILES string of the molecule is CC(=O)NC(Cc1cn(C)c2ccccc12)C(=O)NC(CCC(C)(C)C)C(=O)OC(C)(C)C. The number of carbonyl (C=O) groups excluding carboxylic acids is 3. The standard InChI is InChI=1S/C26H39N3O4/c1-17(30)27-21(15-18-16-29(8)22-12-10-9-11-19(18)22)23(31)28-20(13-14-25(2,3)4)24(32)33-26(5,6)7/h9-12,16,20-21H,13-15H2,1-8H3,(H,27,30)(H,28,31). The second-order valence-corrected chi connectivity index (χ2v) is 10.9. The number of carbonyl (C=O) groups is 3. The molecule has 0 fully saturated rings. The molecule has 2 rings (SSSR count). The Balaban J connectivity index is 2.26. The first-order chi connectivity index (χ1) is 15.2. The zero-order valence-electron chi connectivity index (χ0n) is 21.2. The predicted octanol–water partition coefficient (Wildman–Crippen LogP) is 3.88. The van der Waals surface area contributed by atoms with Crippen LogP contribution in [0.5, 0.6) is 0 Å². The lowest BCUT2D eigenvalue weighted by Crippen LogP contribution is -2.53. The minimum absolute atomic E-state index is 0.00895. The Kier molecular flexibility index (Phi) is 8.33. The van der Waals surface area contributed by atoms with Gasteiger partial charge in [-0.25, -0.2) is 4.79 Å². The van der Waals surface area contributed by atoms with Crippen molar-refractivity contribution < 1.29 is 19.1 Å². The normalized spacial score (nSPS) is 13.9. The molecule has 2 unspecified atom stereocenters. The smallest absolute Gasteiger partial charge is 0.329 e. The molecule has 33 heavy (non-hydrogen) atoms. The van der Waals surface area contributed by atoms with Crippen LogP contribution in [-0.2, 0) is 32.6 Å². The van der Waals surface area contributed by atoms with E-state index in [1.54, 1.807) is 20.8 Å². The number of hydrogen-bond acceptors (Lipinski definition) is 4. The number of fused-ring (bicyclic) bond motifs is 1. The van der Waals surface area contributed by atoms with Gasteiger partial charge in [-0.1, -0.05) is 39.0 Å². The number of aromatic nitrogens is 1. The molecule has 2 amide bonds. The number of nitrogens with zero attached hydrogens (tertiary/aromatic N) is 1. The summed E-state index contributed by atoms with van der Waals surface area (Å²) in [5.74, 6) is -1.17. The highest BCUT2D eigenvalue weighted by Crippen LogP contribution is 2.24. The number of nitrogens with one attached hydrogen (secondary N) is 2. The Morgan fingerprint density at radius 3 is 2.21 bits per heavy atom. The maximum Gasteiger partial charge on any atom is 0.329 e. The van der Waals surface area contributed by atoms with Gasteiger partial charge in [0.05, 0.1) is 0 Å². The average Bonchev–Trinajstić information content (AvgIpc) is 2.98. The molecular formula is C26H39N3O4. The Bertz CT molecular complexity index is 995. The molecule has 1 heterocycles. The fourth-order valence-corrected chi connectivity index (χ4v) is 3.73. The number of ether oxygens (including phenoxy) is 1. The van der Waals surface area contributed by atoms with E-state index >= 15 is 0 Å². The number of benzene rings is 1. The van der Waals surface area contributed by atoms with Crippen molar-refractivity contribution in [1.29, 1.82) is 0 Å². The van der Waals surface area contributed by atoms with E-state index < -0.39 is 29.6 Å². The lowest BCUT2D eigenvalue weighted by Gasteiger charge is -2.28. The van der Waals surface area contributed by atoms with Crippen molar-refractivity contribution in [3.05, 3.63) is 36.0 Å². The monoisotopic (exact) mass is 457 g/mol. The number of hydrogen-bond donors (Lipinski definition) is 2. The summed E-state index contributed by atoms with van der Waals surface area (Å²) in [6, 6.07) is 6.32. The van der Waals surface area contributed by atoms with E-state index in [2.05, 4.69) is 31.4 Å². The highest BCUT2D eigenvalue weighted by atomic mass is 16.6. The van der Waals surface area contributed by atoms with Gasteiger partial charge in [0.1, 0.15) is 17.7 Å². The molecule has 0 aliphatic rings. The summed E-state index contributed by atoms with van der Waals surface area (Å²) < 4.78 is 7.56. The van der Waals surface area contributed by atoms with E-state index in [0.717, 1.165) is 22.9 Å². The molecule has 0 spiro atoms. The van der Waals surface area contributed by atoms with Crippen LogP contribution in [0.15, 0.2) is 30.5 Å². The van der Waals surface area contributed by atoms with Crippen LogP contribution in [0.25, 0.3) is 10.9 Å². The molecule has 0 saturated heterocycles. The first-order valence-corrected chi connectivity index (χ1v) is 11.5. The number of rotatable bonds is 8. The topological polar surface area (TPSA) is 89.4 Å². The van der Waals surface area contributed by atoms with E-state index in [4.69, 9.17) is 4.74 Å². The van der Waals surface area contributed by atoms with Crippen molar-refractivity contribution in [2.75, 3.05) is 0 Å². The van der Waals surface area contributed by atoms with Crippen molar-refractivity contribution in [3.8, 4) is 0 Å². The summed E-state index contributed by atoms with van der Waals surface area (Å²) in [5.41, 5.74) is 1.32. The van der Waals surface area contributed by atoms with Gasteiger partial charge in [0, 0.05) is 37.5 Å². The maximum absolute atomic E-state index is 13.3. The minimum atomic E-state index is -0.812. The third-order valence-electron chi connectivity index (χ3n) is 5.29. The van der Waals surface area contributed by atoms with Gasteiger partial charge in [-0.2, -0.15) is 0 Å². The van der Waals surface area contributed by atoms with Crippen molar-refractivity contribution in [2.24, 2.45) is 12.5 Å². The Hall–Kier alpha value is -2.83. The molecule has 0 aliphatic heterocycles. The maximum atomic E-state index is 13.3. The first-order valence-electron chi connectivity index (χ1n) is 11.5. The molecule has 0 radical (unpaired) electrons. The summed E-state index contributed by atoms with van der Waals surface area (Å²) in [5, 5.41) is 6.64. The van der Waals surface area contributed by atoms with Gasteiger partial charge in [0.25, 0.3) is 0 Å². The summed E-state index contributed by atoms with van der Waals surface area (Å²) in [7, 11) is 1.95. The fourth-order valence-electron chi connectivity index (χ4n) is 3.73. The van der Waals surface area contributed by atoms with Crippen molar-refractivity contribution in [2.45, 2.75) is 85.4 Å². The van der Waals surface area contributed by atoms with Gasteiger partial charge in [0.2, 0.25) is 11.8 Å². The van der Waals surface area contributed by atoms with Gasteiger partial charge in [0.15, 0.2) is 0 Å². The van der Waals surface area contributed by atoms with Gasteiger partial charge in [-0.05, 0) is 50.7 Å². The third-order valence-corrected chi connectivity index (χ3v) is 5.29. The second kappa shape index (κ2) is 10.4. The summed E-state index contributed by atoms with van der Waals surface area (Å²) in [6.45, 7) is 13.0. The molecule has 182 valence electrons. The second-order valence-electron chi connectivity index (χ2n) is 10.9. The molecular weight excluding hydrogens is 418 g/mol. The Morgan fingerprint density at radius 1 is 1.00 bits per heavy atom. The van der Waals surface area contributed by atoms with Crippen LogP contribution in [0, 0.1) is 5.41 Å². The molecule has 0 aliphatic carbocycles. The molecule has 2 aromatic rings. The highest BCUT2D eigenvalue weighted by molar-refractivity contribution is 5.91. The summed E-state index contributed by atoms with van der Waals surface area (Å²) >= 11 is 0. The molecule has 0 bridgehead atoms. The minimum Gasteiger partial charge on any atom is -0.458 e. The lowest BCUT2D eigenvalue weighted by atomic mass is 9.88. The Labute approximate surface area is 197 Å². The van der Waals surface area contributed by atoms with E-state index in [9.17, 15) is 14.4 Å². The largest absolute Gasteiger partial charge is 0.458 e. The predicted molar refractivity (Wildman–Crippen MR) is 131 cm³/mol. The molecule has 7 heteroatoms. The van der Waals surface area contributed by atoms with Crippen LogP contribution in [0.1, 0.15) is 66.9 Å². The molecule has 2 N–H and O–H groups in total. The molecule has 0 saturated carbocycles. The summed E-state index contributed by atoms with van der Waals surface area (Å²) in [4.78, 5) is 38.0. The Morgan fingerprint density at radius 2 is 1.64 bits per heavy atom. The van der Waals surface area contributed by atoms with Crippen LogP contribution in [0.4, 0.5) is 0 Å². The molecule has 1 aromatic heterocycles. The summed E-state index contributed by atoms with van der Waals surface area (Å²) in [6.07, 6.45) is 3.46. The van der Waals surface area contributed by atoms with Gasteiger partial charge < -0.3 is 19.9 Å². The molecule has 7 nitrogen and oxygen atoms in total. The van der Waals surface area contributed by atoms with Crippen LogP contribution in [0.2, 0.25) is 0 Å². The van der Waals surface area contributed by atoms with E-state index in [1.165, 1.54) is 6.92 Å². The van der Waals surface area contributed by atoms with Gasteiger partial charge in [-0.3, -0.25) is 9.59 Å². The van der Waals surface area contributed by atoms with Crippen molar-refractivity contribution in [3.63, 3.8) is 0 Å². The third kappa shape index (κ3) is 8.22. The average molecular weight is 458 g/mol. The lowest BCUT2D eigenvalue weighted by molar-refractivity contribution is -0.159. The van der Waals surface area contributed by atoms with E-state index in [1.807, 2.05) is 42.1 Å². The van der Waals surface area contributed by atoms with Crippen LogP contribution in [-0.4, -0.2) is 40.0 Å². The van der Waals surface area contributed by atoms with E-state index in [-0.39, 0.29) is 11.3 Å². The molecule has 1 aromatic carbocycles. The van der Waals surface area contributed by atoms with Gasteiger partial charge >= 0.3 is 5.97 Å². The highest BCUT2D eigenvalue weighted by Gasteiger charge is 2.31. The van der Waals surface area contributed by atoms with Crippen LogP contribution >= 0.6 is 0 Å². The van der Waals surface area contributed by atoms with Crippen molar-refractivity contribution in [1.82, 2.24) is 15.2 Å². The first kappa shape index (κ1) is 26.4. The number of para-hydroxylation sites is 1. The van der Waals surface area contributed by atoms with Crippen LogP contribution in [0.3, 0.4) is 0 Å². The van der Waals surface area contributed by atoms with Gasteiger partial charge in [-0.15, -0.1) is 0 Å². The van der Waals surface area contributed by atoms with Crippen molar-refractivity contribution >= 4 is 28.7 Å². The number of esters is 1. The number of amides is 2. The van der Waals surface area contributed by atoms with Crippen LogP contribution < -0.4 is 10.6 Å².